The molecular formula is C24H32O2. The lowest BCUT2D eigenvalue weighted by Crippen LogP contribution is -2.07. The minimum atomic E-state index is -0.207. The fourth-order valence-electron chi connectivity index (χ4n) is 3.31. The molecule has 0 atom stereocenters. The molecule has 2 aromatic rings. The maximum absolute atomic E-state index is 12.1. The number of ether oxygens (including phenoxy) is 1. The number of hydrogen-bond donors (Lipinski definition) is 0. The number of allylic oxidation sites excluding steroid dienone is 1. The predicted molar refractivity (Wildman–Crippen MR) is 110 cm³/mol. The van der Waals surface area contributed by atoms with Crippen molar-refractivity contribution in [3.63, 3.8) is 0 Å². The Morgan fingerprint density at radius 1 is 0.923 bits per heavy atom. The molecule has 0 spiro atoms. The molecular weight excluding hydrogens is 320 g/mol. The summed E-state index contributed by atoms with van der Waals surface area (Å²) >= 11 is 0. The molecule has 140 valence electrons. The quantitative estimate of drug-likeness (QED) is 0.258. The lowest BCUT2D eigenvalue weighted by molar-refractivity contribution is -0.136. The monoisotopic (exact) mass is 352 g/mol. The van der Waals surface area contributed by atoms with E-state index in [1.54, 1.807) is 0 Å². The molecule has 0 unspecified atom stereocenters. The average molecular weight is 353 g/mol. The van der Waals surface area contributed by atoms with Crippen LogP contribution in [0.25, 0.3) is 10.8 Å². The van der Waals surface area contributed by atoms with E-state index in [9.17, 15) is 4.79 Å². The Labute approximate surface area is 158 Å². The third-order valence-electron chi connectivity index (χ3n) is 4.85. The van der Waals surface area contributed by atoms with Crippen molar-refractivity contribution in [1.29, 1.82) is 0 Å². The Morgan fingerprint density at radius 2 is 1.62 bits per heavy atom. The van der Waals surface area contributed by atoms with Crippen LogP contribution >= 0.6 is 0 Å². The van der Waals surface area contributed by atoms with E-state index in [1.165, 1.54) is 56.4 Å². The molecule has 0 heterocycles. The fourth-order valence-corrected chi connectivity index (χ4v) is 3.31. The van der Waals surface area contributed by atoms with E-state index in [0.717, 1.165) is 24.0 Å². The summed E-state index contributed by atoms with van der Waals surface area (Å²) in [7, 11) is 1.46. The third kappa shape index (κ3) is 6.67. The Kier molecular flexibility index (Phi) is 8.95. The van der Waals surface area contributed by atoms with E-state index in [0.29, 0.717) is 6.42 Å². The summed E-state index contributed by atoms with van der Waals surface area (Å²) in [5.74, 6) is -0.207. The highest BCUT2D eigenvalue weighted by atomic mass is 16.5. The highest BCUT2D eigenvalue weighted by molar-refractivity contribution is 5.89. The molecule has 0 amide bonds. The number of carbonyl (C=O) groups excluding carboxylic acids is 1. The van der Waals surface area contributed by atoms with E-state index in [2.05, 4.69) is 43.3 Å². The van der Waals surface area contributed by atoms with Gasteiger partial charge in [-0.25, -0.2) is 4.79 Å². The van der Waals surface area contributed by atoms with E-state index in [1.807, 2.05) is 12.1 Å². The van der Waals surface area contributed by atoms with Crippen molar-refractivity contribution in [2.24, 2.45) is 0 Å². The summed E-state index contributed by atoms with van der Waals surface area (Å²) in [6.07, 6.45) is 12.7. The summed E-state index contributed by atoms with van der Waals surface area (Å²) < 4.78 is 4.99. The Bertz CT molecular complexity index is 715. The molecule has 0 aliphatic heterocycles. The number of hydrogen-bond acceptors (Lipinski definition) is 2. The predicted octanol–water partition coefficient (Wildman–Crippen LogP) is 6.62. The van der Waals surface area contributed by atoms with E-state index in [-0.39, 0.29) is 5.97 Å². The van der Waals surface area contributed by atoms with Crippen molar-refractivity contribution in [2.45, 2.75) is 64.7 Å². The largest absolute Gasteiger partial charge is 0.466 e. The average Bonchev–Trinajstić information content (AvgIpc) is 2.68. The number of esters is 1. The molecule has 0 aliphatic carbocycles. The van der Waals surface area contributed by atoms with Crippen molar-refractivity contribution in [1.82, 2.24) is 0 Å². The van der Waals surface area contributed by atoms with Gasteiger partial charge in [-0.15, -0.1) is 0 Å². The van der Waals surface area contributed by atoms with Crippen LogP contribution in [0.3, 0.4) is 0 Å². The minimum Gasteiger partial charge on any atom is -0.466 e. The van der Waals surface area contributed by atoms with Gasteiger partial charge in [0, 0.05) is 12.0 Å². The Hall–Kier alpha value is -2.09. The van der Waals surface area contributed by atoms with Gasteiger partial charge in [0.1, 0.15) is 0 Å². The number of benzene rings is 2. The molecule has 0 fully saturated rings. The molecule has 26 heavy (non-hydrogen) atoms. The van der Waals surface area contributed by atoms with Gasteiger partial charge in [-0.2, -0.15) is 0 Å². The standard InChI is InChI=1S/C24H32O2/c1-3-4-5-6-7-8-9-10-15-23(24(25)26-2)19-20-16-17-21-13-11-12-14-22(21)18-20/h11-18H,3-10,19H2,1-2H3/b23-15+. The number of carbonyl (C=O) groups is 1. The highest BCUT2D eigenvalue weighted by Gasteiger charge is 2.10. The molecule has 0 aromatic heterocycles. The number of fused-ring (bicyclic) bond motifs is 1. The molecule has 0 saturated carbocycles. The van der Waals surface area contributed by atoms with Crippen molar-refractivity contribution < 1.29 is 9.53 Å². The van der Waals surface area contributed by atoms with Crippen LogP contribution in [0.4, 0.5) is 0 Å². The summed E-state index contributed by atoms with van der Waals surface area (Å²) in [4.78, 5) is 12.1. The van der Waals surface area contributed by atoms with Gasteiger partial charge in [0.25, 0.3) is 0 Å². The zero-order chi connectivity index (χ0) is 18.6. The van der Waals surface area contributed by atoms with Crippen LogP contribution in [0.5, 0.6) is 0 Å². The zero-order valence-electron chi connectivity index (χ0n) is 16.3. The first-order valence-corrected chi connectivity index (χ1v) is 9.99. The molecule has 2 nitrogen and oxygen atoms in total. The van der Waals surface area contributed by atoms with Gasteiger partial charge in [-0.3, -0.25) is 0 Å². The first kappa shape index (κ1) is 20.2. The molecule has 0 bridgehead atoms. The first-order chi connectivity index (χ1) is 12.7. The molecule has 0 radical (unpaired) electrons. The van der Waals surface area contributed by atoms with Gasteiger partial charge < -0.3 is 4.74 Å². The van der Waals surface area contributed by atoms with Crippen LogP contribution in [0, 0.1) is 0 Å². The van der Waals surface area contributed by atoms with E-state index in [4.69, 9.17) is 4.74 Å². The first-order valence-electron chi connectivity index (χ1n) is 9.99. The Balaban J connectivity index is 1.90. The fraction of sp³-hybridized carbons (Fsp3) is 0.458. The molecule has 0 aliphatic rings. The minimum absolute atomic E-state index is 0.207. The molecule has 0 N–H and O–H groups in total. The second-order valence-corrected chi connectivity index (χ2v) is 6.99. The maximum Gasteiger partial charge on any atom is 0.333 e. The molecule has 2 heteroatoms. The second-order valence-electron chi connectivity index (χ2n) is 6.99. The zero-order valence-corrected chi connectivity index (χ0v) is 16.3. The van der Waals surface area contributed by atoms with Crippen LogP contribution in [0.1, 0.15) is 63.9 Å². The van der Waals surface area contributed by atoms with Gasteiger partial charge in [0.15, 0.2) is 0 Å². The molecule has 2 rings (SSSR count). The van der Waals surface area contributed by atoms with Crippen LogP contribution in [0.2, 0.25) is 0 Å². The second kappa shape index (κ2) is 11.5. The lowest BCUT2D eigenvalue weighted by atomic mass is 10.00. The highest BCUT2D eigenvalue weighted by Crippen LogP contribution is 2.19. The van der Waals surface area contributed by atoms with E-state index < -0.39 is 0 Å². The van der Waals surface area contributed by atoms with Gasteiger partial charge in [-0.05, 0) is 29.2 Å². The van der Waals surface area contributed by atoms with E-state index >= 15 is 0 Å². The van der Waals surface area contributed by atoms with Crippen molar-refractivity contribution in [3.05, 3.63) is 59.7 Å². The Morgan fingerprint density at radius 3 is 2.35 bits per heavy atom. The molecule has 0 saturated heterocycles. The number of rotatable bonds is 11. The van der Waals surface area contributed by atoms with Crippen molar-refractivity contribution in [3.8, 4) is 0 Å². The topological polar surface area (TPSA) is 26.3 Å². The van der Waals surface area contributed by atoms with Crippen molar-refractivity contribution >= 4 is 16.7 Å². The van der Waals surface area contributed by atoms with Gasteiger partial charge in [0.2, 0.25) is 0 Å². The third-order valence-corrected chi connectivity index (χ3v) is 4.85. The number of unbranched alkanes of at least 4 members (excludes halogenated alkanes) is 7. The van der Waals surface area contributed by atoms with Gasteiger partial charge in [0.05, 0.1) is 7.11 Å². The molecule has 2 aromatic carbocycles. The summed E-state index contributed by atoms with van der Waals surface area (Å²) in [6, 6.07) is 14.7. The smallest absolute Gasteiger partial charge is 0.333 e. The van der Waals surface area contributed by atoms with Crippen LogP contribution in [-0.2, 0) is 16.0 Å². The van der Waals surface area contributed by atoms with Crippen LogP contribution in [0.15, 0.2) is 54.1 Å². The SMILES string of the molecule is CCCCCCCCC/C=C(\Cc1ccc2ccccc2c1)C(=O)OC. The van der Waals surface area contributed by atoms with Crippen LogP contribution < -0.4 is 0 Å². The normalized spacial score (nSPS) is 11.7. The lowest BCUT2D eigenvalue weighted by Gasteiger charge is -2.08. The van der Waals surface area contributed by atoms with Crippen LogP contribution in [-0.4, -0.2) is 13.1 Å². The van der Waals surface area contributed by atoms with Crippen molar-refractivity contribution in [2.75, 3.05) is 7.11 Å². The van der Waals surface area contributed by atoms with Gasteiger partial charge >= 0.3 is 5.97 Å². The summed E-state index contributed by atoms with van der Waals surface area (Å²) in [5.41, 5.74) is 1.92. The summed E-state index contributed by atoms with van der Waals surface area (Å²) in [6.45, 7) is 2.24. The number of methoxy groups -OCH3 is 1. The summed E-state index contributed by atoms with van der Waals surface area (Å²) in [5, 5.41) is 2.43. The van der Waals surface area contributed by atoms with Gasteiger partial charge in [-0.1, -0.05) is 94.0 Å². The maximum atomic E-state index is 12.1.